The zero-order valence-corrected chi connectivity index (χ0v) is 22.5. The summed E-state index contributed by atoms with van der Waals surface area (Å²) in [6.07, 6.45) is 0.556. The predicted molar refractivity (Wildman–Crippen MR) is 140 cm³/mol. The van der Waals surface area contributed by atoms with Crippen LogP contribution in [0, 0.1) is 19.8 Å². The lowest BCUT2D eigenvalue weighted by molar-refractivity contribution is -0.118. The van der Waals surface area contributed by atoms with E-state index in [0.717, 1.165) is 5.56 Å². The minimum Gasteiger partial charge on any atom is -0.476 e. The van der Waals surface area contributed by atoms with Crippen molar-refractivity contribution in [1.82, 2.24) is 14.5 Å². The number of aromatic carboxylic acids is 1. The molecule has 198 valence electrons. The van der Waals surface area contributed by atoms with Gasteiger partial charge in [-0.3, -0.25) is 4.79 Å². The molecule has 11 heteroatoms. The molecule has 3 rings (SSSR count). The number of sulfonamides is 1. The van der Waals surface area contributed by atoms with Gasteiger partial charge in [0.25, 0.3) is 0 Å². The smallest absolute Gasteiger partial charge is 0.356 e. The number of aryl methyl sites for hydroxylation is 1. The molecular formula is C26H32N4O6S. The first kappa shape index (κ1) is 27.9. The van der Waals surface area contributed by atoms with Crippen LogP contribution in [0.5, 0.6) is 11.6 Å². The number of para-hydroxylation sites is 1. The van der Waals surface area contributed by atoms with E-state index in [0.29, 0.717) is 12.1 Å². The second-order valence-corrected chi connectivity index (χ2v) is 10.8. The average Bonchev–Trinajstić information content (AvgIpc) is 3.15. The van der Waals surface area contributed by atoms with Gasteiger partial charge in [-0.2, -0.15) is 9.78 Å². The molecule has 0 saturated heterocycles. The fraction of sp³-hybridized carbons (Fsp3) is 0.346. The monoisotopic (exact) mass is 528 g/mol. The Kier molecular flexibility index (Phi) is 8.39. The Hall–Kier alpha value is -3.70. The highest BCUT2D eigenvalue weighted by Crippen LogP contribution is 2.36. The number of carbonyl (C=O) groups is 2. The molecule has 3 aromatic rings. The van der Waals surface area contributed by atoms with Gasteiger partial charge in [0.2, 0.25) is 21.8 Å². The van der Waals surface area contributed by atoms with Gasteiger partial charge in [-0.1, -0.05) is 39.0 Å². The topological polar surface area (TPSA) is 140 Å². The number of nitrogens with one attached hydrogen (secondary N) is 2. The summed E-state index contributed by atoms with van der Waals surface area (Å²) in [5.41, 5.74) is 1.68. The second-order valence-electron chi connectivity index (χ2n) is 9.12. The summed E-state index contributed by atoms with van der Waals surface area (Å²) in [6, 6.07) is 11.1. The van der Waals surface area contributed by atoms with Crippen molar-refractivity contribution in [1.29, 1.82) is 0 Å². The molecule has 1 heterocycles. The maximum atomic E-state index is 13.4. The number of rotatable bonds is 10. The third-order valence-electron chi connectivity index (χ3n) is 5.82. The highest BCUT2D eigenvalue weighted by atomic mass is 32.2. The van der Waals surface area contributed by atoms with E-state index in [2.05, 4.69) is 15.1 Å². The van der Waals surface area contributed by atoms with Crippen molar-refractivity contribution in [3.05, 3.63) is 59.3 Å². The van der Waals surface area contributed by atoms with Gasteiger partial charge in [-0.25, -0.2) is 17.9 Å². The first-order valence-corrected chi connectivity index (χ1v) is 13.4. The summed E-state index contributed by atoms with van der Waals surface area (Å²) in [4.78, 5) is 23.9. The van der Waals surface area contributed by atoms with E-state index in [9.17, 15) is 23.1 Å². The van der Waals surface area contributed by atoms with Crippen molar-refractivity contribution in [3.63, 3.8) is 0 Å². The summed E-state index contributed by atoms with van der Waals surface area (Å²) >= 11 is 0. The Balaban J connectivity index is 2.19. The number of benzene rings is 2. The van der Waals surface area contributed by atoms with Gasteiger partial charge in [0, 0.05) is 23.2 Å². The van der Waals surface area contributed by atoms with E-state index in [-0.39, 0.29) is 51.3 Å². The van der Waals surface area contributed by atoms with Gasteiger partial charge in [0.15, 0.2) is 5.69 Å². The Morgan fingerprint density at radius 1 is 1.11 bits per heavy atom. The van der Waals surface area contributed by atoms with E-state index in [1.807, 2.05) is 26.0 Å². The number of aromatic nitrogens is 2. The van der Waals surface area contributed by atoms with Crippen LogP contribution >= 0.6 is 0 Å². The number of nitrogens with zero attached hydrogens (tertiary/aromatic N) is 2. The minimum atomic E-state index is -4.08. The summed E-state index contributed by atoms with van der Waals surface area (Å²) in [5, 5.41) is 16.6. The summed E-state index contributed by atoms with van der Waals surface area (Å²) in [6.45, 7) is 10.4. The second kappa shape index (κ2) is 11.1. The molecule has 10 nitrogen and oxygen atoms in total. The third-order valence-corrected chi connectivity index (χ3v) is 7.43. The maximum absolute atomic E-state index is 13.4. The quantitative estimate of drug-likeness (QED) is 0.348. The standard InChI is InChI=1S/C26H32N4O6S/c1-7-17(5)29-37(34,35)22-14-19(27-24(31)15(2)3)12-13-21(22)36-25-18(6)23(26(32)33)28-30(25)20-11-9-8-10-16(20)4/h8-15,17,29H,7H2,1-6H3,(H,27,31)(H,32,33)/t17-/m1/s1. The first-order chi connectivity index (χ1) is 17.4. The predicted octanol–water partition coefficient (Wildman–Crippen LogP) is 4.65. The van der Waals surface area contributed by atoms with Crippen LogP contribution in [0.3, 0.4) is 0 Å². The first-order valence-electron chi connectivity index (χ1n) is 11.9. The van der Waals surface area contributed by atoms with Gasteiger partial charge in [0.1, 0.15) is 10.6 Å². The van der Waals surface area contributed by atoms with E-state index >= 15 is 0 Å². The number of hydrogen-bond acceptors (Lipinski definition) is 6. The Labute approximate surface area is 216 Å². The van der Waals surface area contributed by atoms with Gasteiger partial charge < -0.3 is 15.2 Å². The van der Waals surface area contributed by atoms with Crippen molar-refractivity contribution in [2.45, 2.75) is 58.9 Å². The minimum absolute atomic E-state index is 0.0480. The van der Waals surface area contributed by atoms with Crippen molar-refractivity contribution in [2.75, 3.05) is 5.32 Å². The molecule has 0 radical (unpaired) electrons. The number of carbonyl (C=O) groups excluding carboxylic acids is 1. The lowest BCUT2D eigenvalue weighted by Crippen LogP contribution is -2.32. The molecule has 0 bridgehead atoms. The normalized spacial score (nSPS) is 12.4. The molecule has 0 saturated carbocycles. The highest BCUT2D eigenvalue weighted by molar-refractivity contribution is 7.89. The number of ether oxygens (including phenoxy) is 1. The molecule has 0 fully saturated rings. The lowest BCUT2D eigenvalue weighted by atomic mass is 10.2. The lowest BCUT2D eigenvalue weighted by Gasteiger charge is -2.18. The third kappa shape index (κ3) is 6.17. The molecular weight excluding hydrogens is 496 g/mol. The van der Waals surface area contributed by atoms with E-state index in [1.165, 1.54) is 22.9 Å². The molecule has 37 heavy (non-hydrogen) atoms. The molecule has 0 aliphatic rings. The summed E-state index contributed by atoms with van der Waals surface area (Å²) in [7, 11) is -4.08. The zero-order valence-electron chi connectivity index (χ0n) is 21.7. The van der Waals surface area contributed by atoms with Crippen LogP contribution in [-0.4, -0.2) is 41.2 Å². The van der Waals surface area contributed by atoms with Crippen LogP contribution in [0.2, 0.25) is 0 Å². The molecule has 0 spiro atoms. The Morgan fingerprint density at radius 3 is 2.38 bits per heavy atom. The molecule has 1 aromatic heterocycles. The SMILES string of the molecule is CC[C@@H](C)NS(=O)(=O)c1cc(NC(=O)C(C)C)ccc1Oc1c(C)c(C(=O)O)nn1-c1ccccc1C. The molecule has 2 aromatic carbocycles. The fourth-order valence-electron chi connectivity index (χ4n) is 3.45. The van der Waals surface area contributed by atoms with Crippen LogP contribution in [0.15, 0.2) is 47.4 Å². The van der Waals surface area contributed by atoms with Crippen molar-refractivity contribution >= 4 is 27.6 Å². The number of amides is 1. The van der Waals surface area contributed by atoms with Gasteiger partial charge in [0.05, 0.1) is 5.69 Å². The summed E-state index contributed by atoms with van der Waals surface area (Å²) in [5.74, 6) is -1.81. The molecule has 0 unspecified atom stereocenters. The van der Waals surface area contributed by atoms with Gasteiger partial charge >= 0.3 is 5.97 Å². The van der Waals surface area contributed by atoms with Crippen LogP contribution in [-0.2, 0) is 14.8 Å². The van der Waals surface area contributed by atoms with E-state index < -0.39 is 16.0 Å². The van der Waals surface area contributed by atoms with Gasteiger partial charge in [-0.15, -0.1) is 0 Å². The number of hydrogen-bond donors (Lipinski definition) is 3. The molecule has 3 N–H and O–H groups in total. The number of anilines is 1. The van der Waals surface area contributed by atoms with Crippen LogP contribution < -0.4 is 14.8 Å². The molecule has 1 atom stereocenters. The molecule has 0 aliphatic carbocycles. The van der Waals surface area contributed by atoms with E-state index in [4.69, 9.17) is 4.74 Å². The Bertz CT molecular complexity index is 1430. The van der Waals surface area contributed by atoms with Crippen molar-refractivity contribution in [2.24, 2.45) is 5.92 Å². The fourth-order valence-corrected chi connectivity index (χ4v) is 4.93. The van der Waals surface area contributed by atoms with E-state index in [1.54, 1.807) is 39.8 Å². The highest BCUT2D eigenvalue weighted by Gasteiger charge is 2.27. The van der Waals surface area contributed by atoms with Crippen molar-refractivity contribution in [3.8, 4) is 17.3 Å². The van der Waals surface area contributed by atoms with Crippen LogP contribution in [0.25, 0.3) is 5.69 Å². The maximum Gasteiger partial charge on any atom is 0.356 e. The number of carboxylic acids is 1. The molecule has 0 aliphatic heterocycles. The summed E-state index contributed by atoms with van der Waals surface area (Å²) < 4.78 is 36.8. The largest absolute Gasteiger partial charge is 0.476 e. The van der Waals surface area contributed by atoms with Crippen LogP contribution in [0.4, 0.5) is 5.69 Å². The number of carboxylic acid groups (broad SMARTS) is 1. The van der Waals surface area contributed by atoms with Gasteiger partial charge in [-0.05, 0) is 57.0 Å². The Morgan fingerprint density at radius 2 is 1.78 bits per heavy atom. The van der Waals surface area contributed by atoms with Crippen molar-refractivity contribution < 1.29 is 27.9 Å². The molecule has 1 amide bonds. The van der Waals surface area contributed by atoms with Crippen LogP contribution in [0.1, 0.15) is 55.7 Å². The zero-order chi connectivity index (χ0) is 27.5. The average molecular weight is 529 g/mol.